The second-order valence-electron chi connectivity index (χ2n) is 10.7. The van der Waals surface area contributed by atoms with Crippen molar-refractivity contribution in [3.63, 3.8) is 0 Å². The van der Waals surface area contributed by atoms with E-state index in [0.717, 1.165) is 54.2 Å². The van der Waals surface area contributed by atoms with E-state index in [4.69, 9.17) is 4.74 Å². The van der Waals surface area contributed by atoms with Crippen molar-refractivity contribution in [3.8, 4) is 11.3 Å². The smallest absolute Gasteiger partial charge is 0.225 e. The zero-order valence-corrected chi connectivity index (χ0v) is 22.6. The van der Waals surface area contributed by atoms with E-state index in [1.54, 1.807) is 37.8 Å². The maximum absolute atomic E-state index is 13.3. The minimum atomic E-state index is -1.33. The van der Waals surface area contributed by atoms with Crippen LogP contribution >= 0.6 is 0 Å². The largest absolute Gasteiger partial charge is 0.381 e. The van der Waals surface area contributed by atoms with Crippen LogP contribution in [0.5, 0.6) is 0 Å². The molecule has 2 atom stereocenters. The number of aliphatic hydroxyl groups is 1. The quantitative estimate of drug-likeness (QED) is 0.325. The van der Waals surface area contributed by atoms with Gasteiger partial charge in [0.25, 0.3) is 0 Å². The molecule has 0 amide bonds. The van der Waals surface area contributed by atoms with Gasteiger partial charge >= 0.3 is 0 Å². The third-order valence-corrected chi connectivity index (χ3v) is 8.07. The number of nitrogens with zero attached hydrogens (tertiary/aromatic N) is 8. The highest BCUT2D eigenvalue weighted by Crippen LogP contribution is 2.31. The molecule has 0 aliphatic carbocycles. The Hall–Kier alpha value is -4.42. The van der Waals surface area contributed by atoms with Crippen molar-refractivity contribution in [1.29, 1.82) is 0 Å². The molecular weight excluding hydrogens is 525 g/mol. The normalized spacial score (nSPS) is 19.1. The van der Waals surface area contributed by atoms with Crippen LogP contribution in [0.25, 0.3) is 22.3 Å². The summed E-state index contributed by atoms with van der Waals surface area (Å²) in [4.78, 5) is 26.0. The Balaban J connectivity index is 1.05. The Morgan fingerprint density at radius 3 is 2.46 bits per heavy atom. The summed E-state index contributed by atoms with van der Waals surface area (Å²) < 4.78 is 20.8. The molecule has 0 spiro atoms. The number of fused-ring (bicyclic) bond motifs is 1. The van der Waals surface area contributed by atoms with Gasteiger partial charge in [-0.05, 0) is 37.1 Å². The van der Waals surface area contributed by atoms with Gasteiger partial charge in [-0.2, -0.15) is 5.10 Å². The lowest BCUT2D eigenvalue weighted by Gasteiger charge is -2.35. The molecule has 210 valence electrons. The van der Waals surface area contributed by atoms with Gasteiger partial charge in [-0.15, -0.1) is 0 Å². The number of anilines is 2. The number of hydrogen-bond acceptors (Lipinski definition) is 9. The second-order valence-corrected chi connectivity index (χ2v) is 10.7. The van der Waals surface area contributed by atoms with Crippen LogP contribution in [0.2, 0.25) is 0 Å². The van der Waals surface area contributed by atoms with Gasteiger partial charge in [0, 0.05) is 62.5 Å². The average molecular weight is 556 g/mol. The van der Waals surface area contributed by atoms with Crippen LogP contribution in [0.3, 0.4) is 0 Å². The van der Waals surface area contributed by atoms with Crippen molar-refractivity contribution in [2.75, 3.05) is 49.2 Å². The molecule has 2 fully saturated rings. The molecule has 0 saturated carbocycles. The van der Waals surface area contributed by atoms with E-state index in [0.29, 0.717) is 36.8 Å². The van der Waals surface area contributed by atoms with Gasteiger partial charge in [0.2, 0.25) is 5.95 Å². The van der Waals surface area contributed by atoms with Crippen LogP contribution in [-0.4, -0.2) is 79.2 Å². The van der Waals surface area contributed by atoms with Crippen LogP contribution in [0.15, 0.2) is 61.4 Å². The fraction of sp³-hybridized carbons (Fsp3) is 0.345. The molecule has 5 aromatic rings. The fourth-order valence-corrected chi connectivity index (χ4v) is 5.54. The third kappa shape index (κ3) is 4.78. The van der Waals surface area contributed by atoms with Crippen LogP contribution in [0.4, 0.5) is 16.2 Å². The highest BCUT2D eigenvalue weighted by Gasteiger charge is 2.28. The summed E-state index contributed by atoms with van der Waals surface area (Å²) in [6.07, 6.45) is 9.77. The van der Waals surface area contributed by atoms with E-state index >= 15 is 0 Å². The number of aromatic nitrogens is 7. The van der Waals surface area contributed by atoms with Crippen molar-refractivity contribution >= 4 is 22.8 Å². The molecule has 41 heavy (non-hydrogen) atoms. The topological polar surface area (TPSA) is 121 Å². The molecule has 0 radical (unpaired) electrons. The molecule has 2 aliphatic heterocycles. The van der Waals surface area contributed by atoms with Gasteiger partial charge < -0.3 is 24.6 Å². The number of halogens is 1. The lowest BCUT2D eigenvalue weighted by Crippen LogP contribution is -2.47. The van der Waals surface area contributed by atoms with Gasteiger partial charge in [0.1, 0.15) is 29.2 Å². The standard InChI is InChI=1S/C29H30FN9O2/c1-29(40,20-2-4-22(30)5-3-20)21-14-31-28(32-15-21)38-9-7-37(8-10-38)27-24-12-25(36-26(24)33-18-34-27)19-13-35-39(16-19)23-6-11-41-17-23/h2-5,12-16,18,23,40H,6-11,17H2,1H3,(H,33,34,36)/t23-,29+/m1/s1. The molecule has 7 rings (SSSR count). The monoisotopic (exact) mass is 555 g/mol. The zero-order chi connectivity index (χ0) is 28.0. The average Bonchev–Trinajstić information content (AvgIpc) is 3.78. The van der Waals surface area contributed by atoms with E-state index < -0.39 is 5.60 Å². The van der Waals surface area contributed by atoms with Crippen molar-refractivity contribution in [1.82, 2.24) is 34.7 Å². The van der Waals surface area contributed by atoms with E-state index in [2.05, 4.69) is 52.1 Å². The summed E-state index contributed by atoms with van der Waals surface area (Å²) in [6, 6.07) is 8.18. The second kappa shape index (κ2) is 10.2. The van der Waals surface area contributed by atoms with Crippen LogP contribution in [0.1, 0.15) is 30.5 Å². The summed E-state index contributed by atoms with van der Waals surface area (Å²) in [5.74, 6) is 1.14. The van der Waals surface area contributed by atoms with Crippen molar-refractivity contribution < 1.29 is 14.2 Å². The molecule has 2 N–H and O–H groups in total. The summed E-state index contributed by atoms with van der Waals surface area (Å²) in [5.41, 5.74) is 2.53. The molecule has 12 heteroatoms. The molecule has 0 unspecified atom stereocenters. The maximum Gasteiger partial charge on any atom is 0.225 e. The Bertz CT molecular complexity index is 1650. The Kier molecular flexibility index (Phi) is 6.36. The van der Waals surface area contributed by atoms with Gasteiger partial charge in [0.15, 0.2) is 0 Å². The molecule has 2 aliphatic rings. The SMILES string of the molecule is C[C@](O)(c1ccc(F)cc1)c1cnc(N2CCN(c3ncnc4[nH]c(-c5cnn([C@@H]6CCOC6)c5)cc34)CC2)nc1. The van der Waals surface area contributed by atoms with Gasteiger partial charge in [-0.3, -0.25) is 4.68 Å². The lowest BCUT2D eigenvalue weighted by molar-refractivity contribution is 0.101. The fourth-order valence-electron chi connectivity index (χ4n) is 5.54. The Morgan fingerprint density at radius 1 is 0.976 bits per heavy atom. The first-order chi connectivity index (χ1) is 20.0. The van der Waals surface area contributed by atoms with Gasteiger partial charge in [-0.25, -0.2) is 24.3 Å². The third-order valence-electron chi connectivity index (χ3n) is 8.07. The number of rotatable bonds is 6. The number of hydrogen-bond donors (Lipinski definition) is 2. The molecule has 2 saturated heterocycles. The molecule has 6 heterocycles. The number of aromatic amines is 1. The van der Waals surface area contributed by atoms with Gasteiger partial charge in [-0.1, -0.05) is 12.1 Å². The van der Waals surface area contributed by atoms with Crippen LogP contribution in [-0.2, 0) is 10.3 Å². The summed E-state index contributed by atoms with van der Waals surface area (Å²) in [5, 5.41) is 16.6. The Morgan fingerprint density at radius 2 is 1.73 bits per heavy atom. The minimum Gasteiger partial charge on any atom is -0.381 e. The molecule has 1 aromatic carbocycles. The highest BCUT2D eigenvalue weighted by atomic mass is 19.1. The number of ether oxygens (including phenoxy) is 1. The zero-order valence-electron chi connectivity index (χ0n) is 22.6. The van der Waals surface area contributed by atoms with Gasteiger partial charge in [0.05, 0.1) is 29.9 Å². The predicted molar refractivity (Wildman–Crippen MR) is 151 cm³/mol. The summed E-state index contributed by atoms with van der Waals surface area (Å²) >= 11 is 0. The van der Waals surface area contributed by atoms with E-state index in [9.17, 15) is 9.50 Å². The summed E-state index contributed by atoms with van der Waals surface area (Å²) in [6.45, 7) is 6.04. The number of H-pyrrole nitrogens is 1. The first kappa shape index (κ1) is 25.5. The van der Waals surface area contributed by atoms with Crippen molar-refractivity contribution in [3.05, 3.63) is 78.4 Å². The molecule has 4 aromatic heterocycles. The molecule has 0 bridgehead atoms. The molecular formula is C29H30FN9O2. The van der Waals surface area contributed by atoms with Crippen LogP contribution < -0.4 is 9.80 Å². The molecule has 11 nitrogen and oxygen atoms in total. The van der Waals surface area contributed by atoms with E-state index in [-0.39, 0.29) is 11.9 Å². The lowest BCUT2D eigenvalue weighted by atomic mass is 9.90. The predicted octanol–water partition coefficient (Wildman–Crippen LogP) is 3.29. The highest BCUT2D eigenvalue weighted by molar-refractivity contribution is 5.91. The van der Waals surface area contributed by atoms with Crippen molar-refractivity contribution in [2.24, 2.45) is 0 Å². The summed E-state index contributed by atoms with van der Waals surface area (Å²) in [7, 11) is 0. The van der Waals surface area contributed by atoms with E-state index in [1.165, 1.54) is 12.1 Å². The maximum atomic E-state index is 13.3. The van der Waals surface area contributed by atoms with Crippen LogP contribution in [0, 0.1) is 5.82 Å². The first-order valence-corrected chi connectivity index (χ1v) is 13.7. The number of benzene rings is 1. The Labute approximate surface area is 235 Å². The number of nitrogens with one attached hydrogen (secondary N) is 1. The number of piperazine rings is 1. The van der Waals surface area contributed by atoms with Crippen molar-refractivity contribution in [2.45, 2.75) is 25.0 Å². The van der Waals surface area contributed by atoms with E-state index in [1.807, 2.05) is 10.9 Å². The first-order valence-electron chi connectivity index (χ1n) is 13.7. The minimum absolute atomic E-state index is 0.280.